The van der Waals surface area contributed by atoms with Crippen molar-refractivity contribution in [1.82, 2.24) is 0 Å². The molecule has 0 aliphatic carbocycles. The van der Waals surface area contributed by atoms with Crippen LogP contribution in [-0.2, 0) is 22.7 Å². The highest BCUT2D eigenvalue weighted by atomic mass is 28.3. The van der Waals surface area contributed by atoms with Crippen molar-refractivity contribution >= 4 is 16.1 Å². The molecular formula is C28H46O2Si2. The first-order valence-electron chi connectivity index (χ1n) is 12.3. The van der Waals surface area contributed by atoms with Crippen LogP contribution in [0.2, 0.25) is 51.4 Å². The van der Waals surface area contributed by atoms with Crippen LogP contribution in [0.25, 0.3) is 0 Å². The molecule has 0 aliphatic heterocycles. The van der Waals surface area contributed by atoms with Crippen molar-refractivity contribution < 1.29 is 9.47 Å². The van der Waals surface area contributed by atoms with Crippen molar-refractivity contribution in [2.45, 2.75) is 103 Å². The van der Waals surface area contributed by atoms with Gasteiger partial charge in [0.25, 0.3) is 0 Å². The lowest BCUT2D eigenvalue weighted by Gasteiger charge is -2.11. The Morgan fingerprint density at radius 2 is 1.00 bits per heavy atom. The van der Waals surface area contributed by atoms with Crippen molar-refractivity contribution in [2.24, 2.45) is 0 Å². The van der Waals surface area contributed by atoms with Crippen molar-refractivity contribution in [3.8, 4) is 23.7 Å². The Morgan fingerprint density at radius 3 is 1.38 bits per heavy atom. The molecule has 0 aromatic heterocycles. The van der Waals surface area contributed by atoms with E-state index < -0.39 is 16.1 Å². The van der Waals surface area contributed by atoms with Crippen LogP contribution in [-0.4, -0.2) is 29.4 Å². The Balaban J connectivity index is 2.15. The quantitative estimate of drug-likeness (QED) is 0.157. The van der Waals surface area contributed by atoms with Crippen molar-refractivity contribution in [1.29, 1.82) is 0 Å². The topological polar surface area (TPSA) is 18.5 Å². The van der Waals surface area contributed by atoms with E-state index in [0.29, 0.717) is 13.2 Å². The largest absolute Gasteiger partial charge is 0.377 e. The Hall–Kier alpha value is -1.31. The van der Waals surface area contributed by atoms with Gasteiger partial charge in [0.2, 0.25) is 0 Å². The molecule has 0 amide bonds. The monoisotopic (exact) mass is 470 g/mol. The molecule has 0 heterocycles. The zero-order chi connectivity index (χ0) is 23.7. The first-order chi connectivity index (χ1) is 15.2. The Kier molecular flexibility index (Phi) is 14.7. The fourth-order valence-corrected chi connectivity index (χ4v) is 4.18. The van der Waals surface area contributed by atoms with Crippen LogP contribution in [0.5, 0.6) is 0 Å². The molecule has 0 spiro atoms. The summed E-state index contributed by atoms with van der Waals surface area (Å²) in [6, 6.07) is 10.7. The molecule has 0 bridgehead atoms. The van der Waals surface area contributed by atoms with E-state index in [1.54, 1.807) is 0 Å². The lowest BCUT2D eigenvalue weighted by atomic mass is 10.1. The molecule has 2 nitrogen and oxygen atoms in total. The molecule has 1 aromatic rings. The van der Waals surface area contributed by atoms with E-state index in [-0.39, 0.29) is 0 Å². The van der Waals surface area contributed by atoms with Crippen LogP contribution in [0.1, 0.15) is 49.7 Å². The number of unbranched alkanes of at least 4 members (excludes halogenated alkanes) is 4. The van der Waals surface area contributed by atoms with Gasteiger partial charge in [0.05, 0.1) is 29.4 Å². The minimum atomic E-state index is -1.02. The van der Waals surface area contributed by atoms with Gasteiger partial charge in [-0.15, -0.1) is 23.7 Å². The summed E-state index contributed by atoms with van der Waals surface area (Å²) in [6.45, 7) is 17.1. The highest BCUT2D eigenvalue weighted by Gasteiger charge is 2.10. The van der Waals surface area contributed by atoms with E-state index in [1.165, 1.54) is 11.1 Å². The lowest BCUT2D eigenvalue weighted by molar-refractivity contribution is 0.104. The number of ether oxygens (including phenoxy) is 2. The summed E-state index contributed by atoms with van der Waals surface area (Å²) in [5.74, 6) is 13.3. The molecule has 4 heteroatoms. The summed E-state index contributed by atoms with van der Waals surface area (Å²) >= 11 is 0. The van der Waals surface area contributed by atoms with Crippen LogP contribution < -0.4 is 0 Å². The van der Waals surface area contributed by atoms with Crippen LogP contribution in [0.3, 0.4) is 0 Å². The Bertz CT molecular complexity index is 687. The van der Waals surface area contributed by atoms with E-state index >= 15 is 0 Å². The normalized spacial score (nSPS) is 11.4. The second kappa shape index (κ2) is 16.3. The molecule has 0 saturated carbocycles. The molecule has 178 valence electrons. The maximum Gasteiger partial charge on any atom is 0.0720 e. The number of benzene rings is 1. The second-order valence-corrected chi connectivity index (χ2v) is 21.9. The fourth-order valence-electron chi connectivity index (χ4n) is 2.87. The highest BCUT2D eigenvalue weighted by molar-refractivity contribution is 6.77. The predicted molar refractivity (Wildman–Crippen MR) is 145 cm³/mol. The Labute approximate surface area is 200 Å². The predicted octanol–water partition coefficient (Wildman–Crippen LogP) is 7.74. The third-order valence-electron chi connectivity index (χ3n) is 4.80. The van der Waals surface area contributed by atoms with Crippen molar-refractivity contribution in [2.75, 3.05) is 13.2 Å². The maximum atomic E-state index is 5.92. The molecule has 0 fully saturated rings. The van der Waals surface area contributed by atoms with Gasteiger partial charge in [-0.05, 0) is 36.8 Å². The minimum absolute atomic E-state index is 0.660. The lowest BCUT2D eigenvalue weighted by Crippen LogP contribution is -2.17. The zero-order valence-corrected chi connectivity index (χ0v) is 23.6. The number of hydrogen-bond acceptors (Lipinski definition) is 2. The first kappa shape index (κ1) is 28.7. The van der Waals surface area contributed by atoms with Gasteiger partial charge < -0.3 is 9.47 Å². The molecule has 0 atom stereocenters. The number of hydrogen-bond donors (Lipinski definition) is 0. The van der Waals surface area contributed by atoms with E-state index in [9.17, 15) is 0 Å². The summed E-state index contributed by atoms with van der Waals surface area (Å²) in [5.41, 5.74) is 2.47. The molecule has 0 saturated heterocycles. The van der Waals surface area contributed by atoms with Crippen LogP contribution in [0, 0.1) is 23.7 Å². The van der Waals surface area contributed by atoms with Gasteiger partial charge >= 0.3 is 0 Å². The smallest absolute Gasteiger partial charge is 0.0720 e. The van der Waals surface area contributed by atoms with E-state index in [0.717, 1.165) is 63.8 Å². The van der Waals surface area contributed by atoms with Crippen molar-refractivity contribution in [3.05, 3.63) is 35.4 Å². The zero-order valence-electron chi connectivity index (χ0n) is 21.6. The van der Waals surface area contributed by atoms with Gasteiger partial charge in [-0.25, -0.2) is 0 Å². The van der Waals surface area contributed by atoms with Gasteiger partial charge in [0.1, 0.15) is 0 Å². The third kappa shape index (κ3) is 17.3. The molecule has 1 aromatic carbocycles. The number of rotatable bonds is 14. The molecule has 1 rings (SSSR count). The van der Waals surface area contributed by atoms with Crippen LogP contribution in [0.15, 0.2) is 24.3 Å². The van der Waals surface area contributed by atoms with Gasteiger partial charge in [-0.3, -0.25) is 0 Å². The van der Waals surface area contributed by atoms with Gasteiger partial charge in [0, 0.05) is 38.1 Å². The van der Waals surface area contributed by atoms with E-state index in [4.69, 9.17) is 9.47 Å². The third-order valence-corrected chi connectivity index (χ3v) is 7.28. The average Bonchev–Trinajstić information content (AvgIpc) is 2.70. The maximum absolute atomic E-state index is 5.92. The highest BCUT2D eigenvalue weighted by Crippen LogP contribution is 2.13. The van der Waals surface area contributed by atoms with Gasteiger partial charge in [-0.1, -0.05) is 63.5 Å². The molecule has 0 N–H and O–H groups in total. The summed E-state index contributed by atoms with van der Waals surface area (Å²) in [7, 11) is -2.04. The van der Waals surface area contributed by atoms with Gasteiger partial charge in [0.15, 0.2) is 0 Å². The molecular weight excluding hydrogens is 424 g/mol. The van der Waals surface area contributed by atoms with Crippen LogP contribution in [0.4, 0.5) is 0 Å². The van der Waals surface area contributed by atoms with Crippen LogP contribution >= 0.6 is 0 Å². The molecule has 0 unspecified atom stereocenters. The summed E-state index contributed by atoms with van der Waals surface area (Å²) in [6.07, 6.45) is 6.35. The average molecular weight is 471 g/mol. The summed E-state index contributed by atoms with van der Waals surface area (Å²) in [4.78, 5) is 0. The molecule has 0 radical (unpaired) electrons. The van der Waals surface area contributed by atoms with E-state index in [1.807, 2.05) is 0 Å². The summed E-state index contributed by atoms with van der Waals surface area (Å²) < 4.78 is 11.8. The molecule has 32 heavy (non-hydrogen) atoms. The van der Waals surface area contributed by atoms with Crippen molar-refractivity contribution in [3.63, 3.8) is 0 Å². The second-order valence-electron chi connectivity index (χ2n) is 11.0. The summed E-state index contributed by atoms with van der Waals surface area (Å²) in [5, 5.41) is 0. The fraction of sp³-hybridized carbons (Fsp3) is 0.643. The minimum Gasteiger partial charge on any atom is -0.377 e. The van der Waals surface area contributed by atoms with Gasteiger partial charge in [-0.2, -0.15) is 0 Å². The SMILES string of the molecule is C[Si](C)(C)CC#CCCCCOCc1ccccc1COCCCCC#CC[Si](C)(C)C. The molecule has 0 aliphatic rings. The Morgan fingerprint density at radius 1 is 0.594 bits per heavy atom. The van der Waals surface area contributed by atoms with E-state index in [2.05, 4.69) is 87.2 Å². The first-order valence-corrected chi connectivity index (χ1v) is 19.7. The standard InChI is InChI=1S/C28H46O2Si2/c1-31(2,3)23-17-11-7-9-15-21-29-25-27-19-13-14-20-28(27)26-30-22-16-10-8-12-18-24-32(4,5)6/h13-14,19-20H,7-10,15-16,21-26H2,1-6H3.